The van der Waals surface area contributed by atoms with E-state index in [0.717, 1.165) is 16.5 Å². The summed E-state index contributed by atoms with van der Waals surface area (Å²) in [7, 11) is 0. The Labute approximate surface area is 139 Å². The van der Waals surface area contributed by atoms with E-state index in [2.05, 4.69) is 4.98 Å². The van der Waals surface area contributed by atoms with Gasteiger partial charge < -0.3 is 31.8 Å². The molecule has 132 valence electrons. The molecule has 0 saturated carbocycles. The van der Waals surface area contributed by atoms with E-state index >= 15 is 0 Å². The number of hydrogen-bond acceptors (Lipinski definition) is 5. The maximum atomic E-state index is 10.6. The quantitative estimate of drug-likeness (QED) is 0.471. The number of aromatic nitrogens is 1. The highest BCUT2D eigenvalue weighted by Crippen LogP contribution is 2.23. The Balaban J connectivity index is 0.000000307. The molecule has 8 heteroatoms. The molecule has 0 aliphatic rings. The lowest BCUT2D eigenvalue weighted by Crippen LogP contribution is -2.34. The number of phenols is 1. The first-order valence-corrected chi connectivity index (χ1v) is 7.39. The fourth-order valence-electron chi connectivity index (χ4n) is 1.94. The zero-order valence-corrected chi connectivity index (χ0v) is 13.6. The van der Waals surface area contributed by atoms with Crippen molar-refractivity contribution in [3.05, 3.63) is 30.0 Å². The van der Waals surface area contributed by atoms with Gasteiger partial charge in [0.15, 0.2) is 0 Å². The Kier molecular flexibility index (Phi) is 6.75. The van der Waals surface area contributed by atoms with Crippen molar-refractivity contribution in [2.45, 2.75) is 32.4 Å². The first-order chi connectivity index (χ1) is 11.1. The molecule has 1 aromatic heterocycles. The Morgan fingerprint density at radius 3 is 2.25 bits per heavy atom. The van der Waals surface area contributed by atoms with Crippen molar-refractivity contribution in [3.8, 4) is 5.75 Å². The Hall–Kier alpha value is -2.58. The highest BCUT2D eigenvalue weighted by Gasteiger charge is 2.15. The van der Waals surface area contributed by atoms with Crippen LogP contribution in [0.15, 0.2) is 24.4 Å². The minimum absolute atomic E-state index is 0.0208. The van der Waals surface area contributed by atoms with E-state index in [4.69, 9.17) is 21.7 Å². The van der Waals surface area contributed by atoms with E-state index in [9.17, 15) is 14.7 Å². The standard InChI is InChI=1S/C11H12N2O3.C5H11NO2/c12-9(11(15)16)3-6-5-13-10-2-1-7(14)4-8(6)10;1-3(2)4(6)5(7)8/h1-2,4-5,9,13-14H,3,12H2,(H,15,16);3-4H,6H2,1-2H3,(H,7,8)/t9-;4-/m00/s1. The van der Waals surface area contributed by atoms with Crippen LogP contribution in [0.1, 0.15) is 19.4 Å². The molecule has 0 aliphatic carbocycles. The van der Waals surface area contributed by atoms with Crippen LogP contribution in [0.3, 0.4) is 0 Å². The van der Waals surface area contributed by atoms with Crippen LogP contribution >= 0.6 is 0 Å². The van der Waals surface area contributed by atoms with Crippen LogP contribution in [-0.2, 0) is 16.0 Å². The molecule has 0 spiro atoms. The molecular weight excluding hydrogens is 314 g/mol. The van der Waals surface area contributed by atoms with Gasteiger partial charge in [-0.15, -0.1) is 0 Å². The average molecular weight is 337 g/mol. The van der Waals surface area contributed by atoms with E-state index in [-0.39, 0.29) is 18.1 Å². The van der Waals surface area contributed by atoms with Crippen molar-refractivity contribution in [2.75, 3.05) is 0 Å². The molecule has 0 amide bonds. The highest BCUT2D eigenvalue weighted by atomic mass is 16.4. The molecule has 2 aromatic rings. The number of rotatable bonds is 5. The molecule has 0 saturated heterocycles. The summed E-state index contributed by atoms with van der Waals surface area (Å²) in [6.45, 7) is 3.55. The Morgan fingerprint density at radius 2 is 1.79 bits per heavy atom. The number of hydrogen-bond donors (Lipinski definition) is 6. The molecule has 2 atom stereocenters. The van der Waals surface area contributed by atoms with Crippen molar-refractivity contribution in [2.24, 2.45) is 17.4 Å². The van der Waals surface area contributed by atoms with E-state index < -0.39 is 24.0 Å². The number of nitrogens with two attached hydrogens (primary N) is 2. The maximum Gasteiger partial charge on any atom is 0.320 e. The normalized spacial score (nSPS) is 13.2. The summed E-state index contributed by atoms with van der Waals surface area (Å²) < 4.78 is 0. The third-order valence-corrected chi connectivity index (χ3v) is 3.51. The van der Waals surface area contributed by atoms with Crippen LogP contribution in [0.4, 0.5) is 0 Å². The lowest BCUT2D eigenvalue weighted by molar-refractivity contribution is -0.140. The maximum absolute atomic E-state index is 10.6. The zero-order chi connectivity index (χ0) is 18.4. The number of aromatic hydroxyl groups is 1. The number of carbonyl (C=O) groups is 2. The number of aliphatic carboxylic acids is 2. The zero-order valence-electron chi connectivity index (χ0n) is 13.6. The van der Waals surface area contributed by atoms with Crippen molar-refractivity contribution in [1.29, 1.82) is 0 Å². The number of fused-ring (bicyclic) bond motifs is 1. The van der Waals surface area contributed by atoms with Crippen LogP contribution < -0.4 is 11.5 Å². The Bertz CT molecular complexity index is 711. The van der Waals surface area contributed by atoms with E-state index in [1.807, 2.05) is 0 Å². The summed E-state index contributed by atoms with van der Waals surface area (Å²) in [5.41, 5.74) is 12.3. The summed E-state index contributed by atoms with van der Waals surface area (Å²) >= 11 is 0. The minimum atomic E-state index is -1.03. The van der Waals surface area contributed by atoms with Gasteiger partial charge in [0, 0.05) is 23.5 Å². The fraction of sp³-hybridized carbons (Fsp3) is 0.375. The predicted molar refractivity (Wildman–Crippen MR) is 89.7 cm³/mol. The second-order valence-corrected chi connectivity index (χ2v) is 5.80. The van der Waals surface area contributed by atoms with Gasteiger partial charge in [0.05, 0.1) is 0 Å². The number of carboxylic acid groups (broad SMARTS) is 2. The molecule has 1 aromatic carbocycles. The van der Waals surface area contributed by atoms with Gasteiger partial charge >= 0.3 is 11.9 Å². The molecule has 0 aliphatic heterocycles. The molecule has 24 heavy (non-hydrogen) atoms. The van der Waals surface area contributed by atoms with Gasteiger partial charge in [0.2, 0.25) is 0 Å². The van der Waals surface area contributed by atoms with Crippen LogP contribution in [0, 0.1) is 5.92 Å². The average Bonchev–Trinajstić information content (AvgIpc) is 2.89. The van der Waals surface area contributed by atoms with Crippen LogP contribution in [0.2, 0.25) is 0 Å². The summed E-state index contributed by atoms with van der Waals surface area (Å²) in [4.78, 5) is 23.7. The van der Waals surface area contributed by atoms with Gasteiger partial charge in [0.1, 0.15) is 17.8 Å². The third-order valence-electron chi connectivity index (χ3n) is 3.51. The molecule has 1 heterocycles. The summed E-state index contributed by atoms with van der Waals surface area (Å²) in [6, 6.07) is 3.26. The SMILES string of the molecule is CC(C)[C@H](N)C(=O)O.N[C@@H](Cc1c[nH]c2ccc(O)cc12)C(=O)O. The summed E-state index contributed by atoms with van der Waals surface area (Å²) in [5.74, 6) is -1.79. The van der Waals surface area contributed by atoms with E-state index in [1.54, 1.807) is 38.2 Å². The lowest BCUT2D eigenvalue weighted by atomic mass is 10.1. The summed E-state index contributed by atoms with van der Waals surface area (Å²) in [6.07, 6.45) is 1.95. The second-order valence-electron chi connectivity index (χ2n) is 5.80. The van der Waals surface area contributed by atoms with E-state index in [1.165, 1.54) is 0 Å². The molecular formula is C16H23N3O5. The smallest absolute Gasteiger partial charge is 0.320 e. The largest absolute Gasteiger partial charge is 0.508 e. The molecule has 0 unspecified atom stereocenters. The highest BCUT2D eigenvalue weighted by molar-refractivity contribution is 5.85. The molecule has 0 bridgehead atoms. The number of H-pyrrole nitrogens is 1. The summed E-state index contributed by atoms with van der Waals surface area (Å²) in [5, 5.41) is 27.1. The number of phenolic OH excluding ortho intramolecular Hbond substituents is 1. The minimum Gasteiger partial charge on any atom is -0.508 e. The molecule has 8 nitrogen and oxygen atoms in total. The first kappa shape index (κ1) is 19.5. The fourth-order valence-corrected chi connectivity index (χ4v) is 1.94. The van der Waals surface area contributed by atoms with Crippen LogP contribution in [0.25, 0.3) is 10.9 Å². The number of benzene rings is 1. The predicted octanol–water partition coefficient (Wildman–Crippen LogP) is 0.882. The molecule has 0 fully saturated rings. The topological polar surface area (TPSA) is 163 Å². The lowest BCUT2D eigenvalue weighted by Gasteiger charge is -2.07. The van der Waals surface area contributed by atoms with Crippen LogP contribution in [0.5, 0.6) is 5.75 Å². The van der Waals surface area contributed by atoms with Gasteiger partial charge in [-0.1, -0.05) is 13.8 Å². The van der Waals surface area contributed by atoms with Gasteiger partial charge in [-0.2, -0.15) is 0 Å². The number of carboxylic acids is 2. The van der Waals surface area contributed by atoms with E-state index in [0.29, 0.717) is 0 Å². The van der Waals surface area contributed by atoms with Gasteiger partial charge in [0.25, 0.3) is 0 Å². The van der Waals surface area contributed by atoms with Crippen LogP contribution in [-0.4, -0.2) is 44.3 Å². The van der Waals surface area contributed by atoms with Crippen molar-refractivity contribution < 1.29 is 24.9 Å². The molecule has 2 rings (SSSR count). The monoisotopic (exact) mass is 337 g/mol. The van der Waals surface area contributed by atoms with Crippen molar-refractivity contribution in [3.63, 3.8) is 0 Å². The van der Waals surface area contributed by atoms with Gasteiger partial charge in [-0.05, 0) is 29.7 Å². The molecule has 8 N–H and O–H groups in total. The second kappa shape index (κ2) is 8.32. The third kappa shape index (κ3) is 5.25. The Morgan fingerprint density at radius 1 is 1.17 bits per heavy atom. The number of nitrogens with one attached hydrogen (secondary N) is 1. The van der Waals surface area contributed by atoms with Crippen molar-refractivity contribution >= 4 is 22.8 Å². The van der Waals surface area contributed by atoms with Gasteiger partial charge in [-0.25, -0.2) is 0 Å². The number of aromatic amines is 1. The molecule has 0 radical (unpaired) electrons. The first-order valence-electron chi connectivity index (χ1n) is 7.39. The van der Waals surface area contributed by atoms with Gasteiger partial charge in [-0.3, -0.25) is 9.59 Å². The van der Waals surface area contributed by atoms with Crippen molar-refractivity contribution in [1.82, 2.24) is 4.98 Å².